The molecule has 1 amide bonds. The number of ether oxygens (including phenoxy) is 2. The van der Waals surface area contributed by atoms with Crippen LogP contribution >= 0.6 is 0 Å². The molecule has 1 atom stereocenters. The average Bonchev–Trinajstić information content (AvgIpc) is 3.03. The summed E-state index contributed by atoms with van der Waals surface area (Å²) >= 11 is 0. The summed E-state index contributed by atoms with van der Waals surface area (Å²) in [4.78, 5) is 28.9. The van der Waals surface area contributed by atoms with Crippen LogP contribution in [0.3, 0.4) is 0 Å². The molecule has 0 radical (unpaired) electrons. The second kappa shape index (κ2) is 7.33. The zero-order valence-electron chi connectivity index (χ0n) is 15.2. The minimum absolute atomic E-state index is 0.0153. The van der Waals surface area contributed by atoms with Crippen LogP contribution in [0, 0.1) is 5.92 Å². The van der Waals surface area contributed by atoms with E-state index in [1.807, 2.05) is 32.0 Å². The number of hydrogen-bond donors (Lipinski definition) is 2. The Labute approximate surface area is 151 Å². The molecule has 1 saturated heterocycles. The highest BCUT2D eigenvalue weighted by Gasteiger charge is 2.35. The van der Waals surface area contributed by atoms with Gasteiger partial charge in [0.1, 0.15) is 5.75 Å². The van der Waals surface area contributed by atoms with E-state index in [1.165, 1.54) is 0 Å². The van der Waals surface area contributed by atoms with Crippen molar-refractivity contribution >= 4 is 11.6 Å². The molecule has 1 fully saturated rings. The largest absolute Gasteiger partial charge is 0.497 e. The minimum Gasteiger partial charge on any atom is -0.497 e. The van der Waals surface area contributed by atoms with Crippen molar-refractivity contribution in [3.8, 4) is 5.75 Å². The smallest absolute Gasteiger partial charge is 0.340 e. The van der Waals surface area contributed by atoms with Crippen LogP contribution in [0.25, 0.3) is 0 Å². The lowest BCUT2D eigenvalue weighted by Gasteiger charge is -2.37. The molecule has 1 aromatic heterocycles. The van der Waals surface area contributed by atoms with Crippen LogP contribution < -0.4 is 15.3 Å². The molecule has 0 spiro atoms. The summed E-state index contributed by atoms with van der Waals surface area (Å²) in [7, 11) is 1.58. The predicted molar refractivity (Wildman–Crippen MR) is 96.1 cm³/mol. The van der Waals surface area contributed by atoms with Crippen molar-refractivity contribution in [3.05, 3.63) is 40.6 Å². The SMILES string of the molecule is COc1cccc(N(Cc2n[nH]c(=O)[nH]2)C(=O)[C@@H]2CCOC(C)(C)C2)c1. The molecule has 8 nitrogen and oxygen atoms in total. The third kappa shape index (κ3) is 4.13. The van der Waals surface area contributed by atoms with Gasteiger partial charge in [-0.2, -0.15) is 5.10 Å². The minimum atomic E-state index is -0.398. The van der Waals surface area contributed by atoms with Gasteiger partial charge in [0.05, 0.1) is 19.3 Å². The number of amides is 1. The van der Waals surface area contributed by atoms with E-state index >= 15 is 0 Å². The highest BCUT2D eigenvalue weighted by Crippen LogP contribution is 2.32. The number of methoxy groups -OCH3 is 1. The molecule has 3 rings (SSSR count). The summed E-state index contributed by atoms with van der Waals surface area (Å²) in [5.74, 6) is 0.884. The average molecular weight is 360 g/mol. The fourth-order valence-electron chi connectivity index (χ4n) is 3.27. The van der Waals surface area contributed by atoms with E-state index in [-0.39, 0.29) is 24.0 Å². The Morgan fingerprint density at radius 1 is 1.46 bits per heavy atom. The predicted octanol–water partition coefficient (Wildman–Crippen LogP) is 1.84. The first-order valence-electron chi connectivity index (χ1n) is 8.61. The number of nitrogens with one attached hydrogen (secondary N) is 2. The summed E-state index contributed by atoms with van der Waals surface area (Å²) in [6.45, 7) is 4.71. The zero-order valence-corrected chi connectivity index (χ0v) is 15.2. The third-order valence-electron chi connectivity index (χ3n) is 4.54. The van der Waals surface area contributed by atoms with Gasteiger partial charge in [0, 0.05) is 24.3 Å². The number of benzene rings is 1. The van der Waals surface area contributed by atoms with Crippen LogP contribution in [0.4, 0.5) is 5.69 Å². The number of carbonyl (C=O) groups excluding carboxylic acids is 1. The highest BCUT2D eigenvalue weighted by atomic mass is 16.5. The van der Waals surface area contributed by atoms with E-state index in [4.69, 9.17) is 9.47 Å². The van der Waals surface area contributed by atoms with Gasteiger partial charge in [0.2, 0.25) is 5.91 Å². The second-order valence-electron chi connectivity index (χ2n) is 7.05. The number of aromatic amines is 2. The van der Waals surface area contributed by atoms with Crippen LogP contribution in [-0.4, -0.2) is 40.4 Å². The lowest BCUT2D eigenvalue weighted by molar-refractivity contribution is -0.132. The highest BCUT2D eigenvalue weighted by molar-refractivity contribution is 5.95. The normalized spacial score (nSPS) is 19.1. The van der Waals surface area contributed by atoms with Crippen molar-refractivity contribution in [2.75, 3.05) is 18.6 Å². The number of hydrogen-bond acceptors (Lipinski definition) is 5. The van der Waals surface area contributed by atoms with E-state index in [9.17, 15) is 9.59 Å². The molecule has 8 heteroatoms. The van der Waals surface area contributed by atoms with Crippen molar-refractivity contribution in [1.82, 2.24) is 15.2 Å². The maximum Gasteiger partial charge on any atom is 0.340 e. The van der Waals surface area contributed by atoms with Gasteiger partial charge in [-0.1, -0.05) is 6.07 Å². The molecule has 0 bridgehead atoms. The van der Waals surface area contributed by atoms with Crippen LogP contribution in [0.1, 0.15) is 32.5 Å². The number of aromatic nitrogens is 3. The molecule has 140 valence electrons. The van der Waals surface area contributed by atoms with Crippen LogP contribution in [-0.2, 0) is 16.1 Å². The molecular formula is C18H24N4O4. The Balaban J connectivity index is 1.91. The molecule has 0 unspecified atom stereocenters. The molecule has 1 aromatic carbocycles. The standard InChI is InChI=1S/C18H24N4O4/c1-18(2)10-12(7-8-26-18)16(23)22(11-15-19-17(24)21-20-15)13-5-4-6-14(9-13)25-3/h4-6,9,12H,7-8,10-11H2,1-3H3,(H2,19,20,21,24)/t12-/m1/s1. The molecule has 0 aliphatic carbocycles. The van der Waals surface area contributed by atoms with Crippen LogP contribution in [0.15, 0.2) is 29.1 Å². The Hall–Kier alpha value is -2.61. The van der Waals surface area contributed by atoms with E-state index < -0.39 is 5.69 Å². The Morgan fingerprint density at radius 3 is 2.92 bits per heavy atom. The van der Waals surface area contributed by atoms with Gasteiger partial charge >= 0.3 is 5.69 Å². The fourth-order valence-corrected chi connectivity index (χ4v) is 3.27. The van der Waals surface area contributed by atoms with Gasteiger partial charge in [-0.25, -0.2) is 9.89 Å². The molecule has 2 heterocycles. The van der Waals surface area contributed by atoms with Gasteiger partial charge in [-0.3, -0.25) is 9.78 Å². The van der Waals surface area contributed by atoms with Crippen molar-refractivity contribution in [2.45, 2.75) is 38.8 Å². The number of carbonyl (C=O) groups is 1. The van der Waals surface area contributed by atoms with E-state index in [2.05, 4.69) is 15.2 Å². The van der Waals surface area contributed by atoms with Gasteiger partial charge in [-0.05, 0) is 38.8 Å². The summed E-state index contributed by atoms with van der Waals surface area (Å²) in [6.07, 6.45) is 1.31. The molecule has 2 aromatic rings. The molecule has 26 heavy (non-hydrogen) atoms. The number of H-pyrrole nitrogens is 2. The van der Waals surface area contributed by atoms with E-state index in [0.717, 1.165) is 0 Å². The van der Waals surface area contributed by atoms with E-state index in [1.54, 1.807) is 18.1 Å². The van der Waals surface area contributed by atoms with E-state index in [0.29, 0.717) is 36.7 Å². The maximum atomic E-state index is 13.3. The lowest BCUT2D eigenvalue weighted by atomic mass is 9.87. The van der Waals surface area contributed by atoms with Gasteiger partial charge < -0.3 is 14.4 Å². The molecule has 1 aliphatic rings. The molecular weight excluding hydrogens is 336 g/mol. The summed E-state index contributed by atoms with van der Waals surface area (Å²) in [6, 6.07) is 7.29. The van der Waals surface area contributed by atoms with Crippen LogP contribution in [0.2, 0.25) is 0 Å². The maximum absolute atomic E-state index is 13.3. The van der Waals surface area contributed by atoms with Crippen molar-refractivity contribution in [2.24, 2.45) is 5.92 Å². The summed E-state index contributed by atoms with van der Waals surface area (Å²) in [5.41, 5.74) is -0.0352. The second-order valence-corrected chi connectivity index (χ2v) is 7.05. The first-order valence-corrected chi connectivity index (χ1v) is 8.61. The third-order valence-corrected chi connectivity index (χ3v) is 4.54. The lowest BCUT2D eigenvalue weighted by Crippen LogP contribution is -2.43. The van der Waals surface area contributed by atoms with Crippen molar-refractivity contribution < 1.29 is 14.3 Å². The summed E-state index contributed by atoms with van der Waals surface area (Å²) in [5, 5.41) is 6.27. The Morgan fingerprint density at radius 2 is 2.27 bits per heavy atom. The Bertz CT molecular complexity index is 826. The molecule has 2 N–H and O–H groups in total. The fraction of sp³-hybridized carbons (Fsp3) is 0.500. The first kappa shape index (κ1) is 18.2. The van der Waals surface area contributed by atoms with Crippen molar-refractivity contribution in [1.29, 1.82) is 0 Å². The molecule has 1 aliphatic heterocycles. The first-order chi connectivity index (χ1) is 12.4. The quantitative estimate of drug-likeness (QED) is 0.847. The van der Waals surface area contributed by atoms with Gasteiger partial charge in [0.25, 0.3) is 0 Å². The number of rotatable bonds is 5. The van der Waals surface area contributed by atoms with Crippen molar-refractivity contribution in [3.63, 3.8) is 0 Å². The van der Waals surface area contributed by atoms with Gasteiger partial charge in [0.15, 0.2) is 5.82 Å². The summed E-state index contributed by atoms with van der Waals surface area (Å²) < 4.78 is 11.0. The topological polar surface area (TPSA) is 100 Å². The van der Waals surface area contributed by atoms with Crippen LogP contribution in [0.5, 0.6) is 5.75 Å². The number of anilines is 1. The molecule has 0 saturated carbocycles. The monoisotopic (exact) mass is 360 g/mol. The number of nitrogens with zero attached hydrogens (tertiary/aromatic N) is 2. The zero-order chi connectivity index (χ0) is 18.7. The van der Waals surface area contributed by atoms with Gasteiger partial charge in [-0.15, -0.1) is 0 Å². The Kier molecular flexibility index (Phi) is 5.13.